The van der Waals surface area contributed by atoms with Crippen molar-refractivity contribution in [2.45, 2.75) is 38.3 Å². The predicted molar refractivity (Wildman–Crippen MR) is 95.6 cm³/mol. The standard InChI is InChI=1S/C21H25FN2O/c22-18-6-4-17(5-7-18)13-20-14-21(16-25-20)8-11-24(12-9-21)15-19-3-1-2-10-23-19/h1-7,10,20H,8-9,11-16H2/t20-/m0/s1. The molecule has 2 aliphatic rings. The fourth-order valence-electron chi connectivity index (χ4n) is 4.16. The van der Waals surface area contributed by atoms with Crippen LogP contribution in [-0.4, -0.2) is 35.7 Å². The number of nitrogens with zero attached hydrogens (tertiary/aromatic N) is 2. The zero-order valence-electron chi connectivity index (χ0n) is 14.5. The number of rotatable bonds is 4. The van der Waals surface area contributed by atoms with Crippen molar-refractivity contribution >= 4 is 0 Å². The van der Waals surface area contributed by atoms with E-state index in [1.807, 2.05) is 24.4 Å². The lowest BCUT2D eigenvalue weighted by atomic mass is 9.76. The first-order valence-electron chi connectivity index (χ1n) is 9.19. The monoisotopic (exact) mass is 340 g/mol. The summed E-state index contributed by atoms with van der Waals surface area (Å²) in [5.41, 5.74) is 2.65. The van der Waals surface area contributed by atoms with Gasteiger partial charge < -0.3 is 4.74 Å². The zero-order chi connectivity index (χ0) is 17.1. The Balaban J connectivity index is 1.29. The highest BCUT2D eigenvalue weighted by Gasteiger charge is 2.42. The molecule has 0 unspecified atom stereocenters. The van der Waals surface area contributed by atoms with Crippen LogP contribution in [0.4, 0.5) is 4.39 Å². The Morgan fingerprint density at radius 3 is 2.64 bits per heavy atom. The lowest BCUT2D eigenvalue weighted by Gasteiger charge is -2.38. The zero-order valence-corrected chi connectivity index (χ0v) is 14.5. The third-order valence-corrected chi connectivity index (χ3v) is 5.69. The second kappa shape index (κ2) is 7.22. The maximum atomic E-state index is 13.0. The van der Waals surface area contributed by atoms with Crippen molar-refractivity contribution in [3.63, 3.8) is 0 Å². The van der Waals surface area contributed by atoms with Crippen molar-refractivity contribution in [3.8, 4) is 0 Å². The molecule has 2 fully saturated rings. The van der Waals surface area contributed by atoms with Crippen molar-refractivity contribution in [2.75, 3.05) is 19.7 Å². The molecule has 0 saturated carbocycles. The largest absolute Gasteiger partial charge is 0.377 e. The molecule has 1 spiro atoms. The van der Waals surface area contributed by atoms with Crippen molar-refractivity contribution in [3.05, 3.63) is 65.7 Å². The molecule has 3 nitrogen and oxygen atoms in total. The molecular weight excluding hydrogens is 315 g/mol. The molecule has 25 heavy (non-hydrogen) atoms. The van der Waals surface area contributed by atoms with Gasteiger partial charge in [-0.05, 0) is 74.0 Å². The van der Waals surface area contributed by atoms with E-state index in [-0.39, 0.29) is 11.9 Å². The number of ether oxygens (including phenoxy) is 1. The molecule has 1 aromatic heterocycles. The fourth-order valence-corrected chi connectivity index (χ4v) is 4.16. The number of likely N-dealkylation sites (tertiary alicyclic amines) is 1. The van der Waals surface area contributed by atoms with Gasteiger partial charge in [0.15, 0.2) is 0 Å². The number of halogens is 1. The summed E-state index contributed by atoms with van der Waals surface area (Å²) in [4.78, 5) is 6.93. The average molecular weight is 340 g/mol. The number of pyridine rings is 1. The van der Waals surface area contributed by atoms with E-state index in [1.54, 1.807) is 0 Å². The van der Waals surface area contributed by atoms with Gasteiger partial charge in [0.05, 0.1) is 18.4 Å². The lowest BCUT2D eigenvalue weighted by molar-refractivity contribution is 0.0628. The summed E-state index contributed by atoms with van der Waals surface area (Å²) in [5.74, 6) is -0.173. The van der Waals surface area contributed by atoms with Crippen LogP contribution in [0.25, 0.3) is 0 Å². The van der Waals surface area contributed by atoms with Crippen molar-refractivity contribution in [1.29, 1.82) is 0 Å². The minimum atomic E-state index is -0.173. The topological polar surface area (TPSA) is 25.4 Å². The molecule has 2 aromatic rings. The minimum absolute atomic E-state index is 0.173. The van der Waals surface area contributed by atoms with Gasteiger partial charge in [0, 0.05) is 12.7 Å². The molecule has 1 aromatic carbocycles. The molecular formula is C21H25FN2O. The van der Waals surface area contributed by atoms with Crippen LogP contribution < -0.4 is 0 Å². The number of hydrogen-bond donors (Lipinski definition) is 0. The van der Waals surface area contributed by atoms with E-state index in [0.29, 0.717) is 5.41 Å². The smallest absolute Gasteiger partial charge is 0.123 e. The van der Waals surface area contributed by atoms with Crippen LogP contribution in [0.3, 0.4) is 0 Å². The maximum absolute atomic E-state index is 13.0. The summed E-state index contributed by atoms with van der Waals surface area (Å²) in [6, 6.07) is 12.9. The molecule has 4 rings (SSSR count). The normalized spacial score (nSPS) is 23.2. The molecule has 3 heterocycles. The fraction of sp³-hybridized carbons (Fsp3) is 0.476. The van der Waals surface area contributed by atoms with Gasteiger partial charge in [-0.25, -0.2) is 4.39 Å². The molecule has 0 amide bonds. The molecule has 0 bridgehead atoms. The predicted octanol–water partition coefficient (Wildman–Crippen LogP) is 3.83. The summed E-state index contributed by atoms with van der Waals surface area (Å²) in [5, 5.41) is 0. The quantitative estimate of drug-likeness (QED) is 0.846. The number of aromatic nitrogens is 1. The summed E-state index contributed by atoms with van der Waals surface area (Å²) in [7, 11) is 0. The van der Waals surface area contributed by atoms with Gasteiger partial charge in [0.1, 0.15) is 5.82 Å². The second-order valence-electron chi connectivity index (χ2n) is 7.56. The highest BCUT2D eigenvalue weighted by molar-refractivity contribution is 5.17. The van der Waals surface area contributed by atoms with Gasteiger partial charge >= 0.3 is 0 Å². The Kier molecular flexibility index (Phi) is 4.82. The van der Waals surface area contributed by atoms with Gasteiger partial charge in [0.25, 0.3) is 0 Å². The Morgan fingerprint density at radius 2 is 1.92 bits per heavy atom. The Labute approximate surface area is 148 Å². The molecule has 2 aliphatic heterocycles. The van der Waals surface area contributed by atoms with Gasteiger partial charge in [-0.3, -0.25) is 9.88 Å². The van der Waals surface area contributed by atoms with Crippen LogP contribution in [0.1, 0.15) is 30.5 Å². The summed E-state index contributed by atoms with van der Waals surface area (Å²) < 4.78 is 19.1. The average Bonchev–Trinajstić information content (AvgIpc) is 3.03. The Morgan fingerprint density at radius 1 is 1.12 bits per heavy atom. The maximum Gasteiger partial charge on any atom is 0.123 e. The first-order valence-corrected chi connectivity index (χ1v) is 9.19. The Bertz CT molecular complexity index is 681. The summed E-state index contributed by atoms with van der Waals surface area (Å²) in [6.07, 6.45) is 6.54. The van der Waals surface area contributed by atoms with Gasteiger partial charge in [0.2, 0.25) is 0 Å². The third-order valence-electron chi connectivity index (χ3n) is 5.69. The molecule has 0 aliphatic carbocycles. The SMILES string of the molecule is Fc1ccc(C[C@H]2CC3(CCN(Cc4ccccn4)CC3)CO2)cc1. The van der Waals surface area contributed by atoms with Crippen LogP contribution >= 0.6 is 0 Å². The summed E-state index contributed by atoms with van der Waals surface area (Å²) >= 11 is 0. The van der Waals surface area contributed by atoms with Crippen LogP contribution in [0.15, 0.2) is 48.7 Å². The van der Waals surface area contributed by atoms with E-state index in [0.717, 1.165) is 50.3 Å². The van der Waals surface area contributed by atoms with E-state index in [1.165, 1.54) is 25.0 Å². The lowest BCUT2D eigenvalue weighted by Crippen LogP contribution is -2.40. The molecule has 4 heteroatoms. The molecule has 1 atom stereocenters. The van der Waals surface area contributed by atoms with E-state index in [2.05, 4.69) is 22.0 Å². The first-order chi connectivity index (χ1) is 12.2. The van der Waals surface area contributed by atoms with Crippen LogP contribution in [0.5, 0.6) is 0 Å². The number of benzene rings is 1. The van der Waals surface area contributed by atoms with Gasteiger partial charge in [-0.2, -0.15) is 0 Å². The van der Waals surface area contributed by atoms with Crippen molar-refractivity contribution in [2.24, 2.45) is 5.41 Å². The molecule has 0 N–H and O–H groups in total. The van der Waals surface area contributed by atoms with Crippen LogP contribution in [-0.2, 0) is 17.7 Å². The highest BCUT2D eigenvalue weighted by Crippen LogP contribution is 2.42. The van der Waals surface area contributed by atoms with Gasteiger partial charge in [-0.15, -0.1) is 0 Å². The minimum Gasteiger partial charge on any atom is -0.377 e. The second-order valence-corrected chi connectivity index (χ2v) is 7.56. The van der Waals surface area contributed by atoms with E-state index < -0.39 is 0 Å². The van der Waals surface area contributed by atoms with E-state index >= 15 is 0 Å². The first kappa shape index (κ1) is 16.7. The van der Waals surface area contributed by atoms with E-state index in [9.17, 15) is 4.39 Å². The van der Waals surface area contributed by atoms with Gasteiger partial charge in [-0.1, -0.05) is 18.2 Å². The van der Waals surface area contributed by atoms with Crippen molar-refractivity contribution < 1.29 is 9.13 Å². The van der Waals surface area contributed by atoms with Crippen LogP contribution in [0, 0.1) is 11.2 Å². The number of hydrogen-bond acceptors (Lipinski definition) is 3. The Hall–Kier alpha value is -1.78. The summed E-state index contributed by atoms with van der Waals surface area (Å²) in [6.45, 7) is 4.04. The third kappa shape index (κ3) is 4.07. The van der Waals surface area contributed by atoms with E-state index in [4.69, 9.17) is 4.74 Å². The molecule has 132 valence electrons. The molecule has 0 radical (unpaired) electrons. The number of piperidine rings is 1. The van der Waals surface area contributed by atoms with Crippen molar-refractivity contribution in [1.82, 2.24) is 9.88 Å². The van der Waals surface area contributed by atoms with Crippen LogP contribution in [0.2, 0.25) is 0 Å². The molecule has 2 saturated heterocycles. The highest BCUT2D eigenvalue weighted by atomic mass is 19.1.